The van der Waals surface area contributed by atoms with Gasteiger partial charge in [-0.3, -0.25) is 0 Å². The summed E-state index contributed by atoms with van der Waals surface area (Å²) < 4.78 is 0. The van der Waals surface area contributed by atoms with Gasteiger partial charge >= 0.3 is 5.97 Å². The zero-order valence-electron chi connectivity index (χ0n) is 7.62. The summed E-state index contributed by atoms with van der Waals surface area (Å²) in [7, 11) is 0. The van der Waals surface area contributed by atoms with Crippen molar-refractivity contribution in [2.75, 3.05) is 0 Å². The molecule has 0 aromatic carbocycles. The monoisotopic (exact) mass is 221 g/mol. The zero-order valence-corrected chi connectivity index (χ0v) is 8.44. The van der Waals surface area contributed by atoms with Crippen molar-refractivity contribution < 1.29 is 9.90 Å². The Morgan fingerprint density at radius 1 is 1.40 bits per heavy atom. The lowest BCUT2D eigenvalue weighted by Gasteiger charge is -1.97. The summed E-state index contributed by atoms with van der Waals surface area (Å²) >= 11 is 1.51. The number of thiazole rings is 1. The van der Waals surface area contributed by atoms with E-state index in [0.29, 0.717) is 12.1 Å². The molecule has 0 aliphatic heterocycles. The lowest BCUT2D eigenvalue weighted by molar-refractivity contribution is 0.0690. The van der Waals surface area contributed by atoms with E-state index in [1.165, 1.54) is 23.7 Å². The number of carbonyl (C=O) groups is 1. The number of carboxylic acids is 1. The van der Waals surface area contributed by atoms with E-state index in [1.54, 1.807) is 6.20 Å². The summed E-state index contributed by atoms with van der Waals surface area (Å²) in [5.41, 5.74) is 0.675. The number of aromatic carboxylic acids is 1. The topological polar surface area (TPSA) is 76.0 Å². The number of hydrogen-bond donors (Lipinski definition) is 1. The molecule has 1 N–H and O–H groups in total. The summed E-state index contributed by atoms with van der Waals surface area (Å²) in [5, 5.41) is 11.5. The highest BCUT2D eigenvalue weighted by atomic mass is 32.1. The van der Waals surface area contributed by atoms with Crippen molar-refractivity contribution >= 4 is 17.3 Å². The van der Waals surface area contributed by atoms with Crippen LogP contribution in [0.25, 0.3) is 0 Å². The molecule has 0 atom stereocenters. The van der Waals surface area contributed by atoms with Crippen LogP contribution in [0.2, 0.25) is 0 Å². The van der Waals surface area contributed by atoms with Gasteiger partial charge in [-0.1, -0.05) is 0 Å². The molecule has 0 radical (unpaired) electrons. The number of hydrogen-bond acceptors (Lipinski definition) is 5. The van der Waals surface area contributed by atoms with Crippen LogP contribution in [0, 0.1) is 0 Å². The van der Waals surface area contributed by atoms with Crippen LogP contribution >= 0.6 is 11.3 Å². The average Bonchev–Trinajstić information content (AvgIpc) is 2.71. The smallest absolute Gasteiger partial charge is 0.354 e. The first kappa shape index (κ1) is 9.72. The van der Waals surface area contributed by atoms with Gasteiger partial charge < -0.3 is 5.11 Å². The lowest BCUT2D eigenvalue weighted by atomic mass is 10.2. The van der Waals surface area contributed by atoms with Crippen molar-refractivity contribution in [3.05, 3.63) is 40.4 Å². The minimum atomic E-state index is -1.04. The number of carboxylic acid groups (broad SMARTS) is 1. The molecule has 2 rings (SSSR count). The van der Waals surface area contributed by atoms with Gasteiger partial charge in [0.05, 0.1) is 10.7 Å². The first-order chi connectivity index (χ1) is 7.25. The SMILES string of the molecule is O=C(O)c1cc(Cc2nccs2)ncn1. The summed E-state index contributed by atoms with van der Waals surface area (Å²) in [5.74, 6) is -1.04. The minimum absolute atomic E-state index is 0.0107. The molecular formula is C9H7N3O2S. The zero-order chi connectivity index (χ0) is 10.7. The van der Waals surface area contributed by atoms with Gasteiger partial charge in [-0.25, -0.2) is 19.7 Å². The van der Waals surface area contributed by atoms with Gasteiger partial charge in [-0.2, -0.15) is 0 Å². The first-order valence-corrected chi connectivity index (χ1v) is 5.06. The van der Waals surface area contributed by atoms with Gasteiger partial charge in [0.2, 0.25) is 0 Å². The van der Waals surface area contributed by atoms with Gasteiger partial charge in [-0.05, 0) is 6.07 Å². The van der Waals surface area contributed by atoms with Crippen molar-refractivity contribution in [3.63, 3.8) is 0 Å². The van der Waals surface area contributed by atoms with Crippen molar-refractivity contribution in [2.24, 2.45) is 0 Å². The van der Waals surface area contributed by atoms with Gasteiger partial charge in [0.25, 0.3) is 0 Å². The standard InChI is InChI=1S/C9H7N3O2S/c13-9(14)7-3-6(11-5-12-7)4-8-10-1-2-15-8/h1-3,5H,4H2,(H,13,14). The summed E-state index contributed by atoms with van der Waals surface area (Å²) in [6.07, 6.45) is 3.51. The van der Waals surface area contributed by atoms with Gasteiger partial charge in [-0.15, -0.1) is 11.3 Å². The van der Waals surface area contributed by atoms with E-state index >= 15 is 0 Å². The van der Waals surface area contributed by atoms with Crippen molar-refractivity contribution in [1.82, 2.24) is 15.0 Å². The number of nitrogens with zero attached hydrogens (tertiary/aromatic N) is 3. The summed E-state index contributed by atoms with van der Waals surface area (Å²) in [6, 6.07) is 1.46. The van der Waals surface area contributed by atoms with E-state index in [0.717, 1.165) is 5.01 Å². The van der Waals surface area contributed by atoms with E-state index < -0.39 is 5.97 Å². The van der Waals surface area contributed by atoms with E-state index in [1.807, 2.05) is 5.38 Å². The second-order valence-electron chi connectivity index (χ2n) is 2.80. The lowest BCUT2D eigenvalue weighted by Crippen LogP contribution is -2.03. The quantitative estimate of drug-likeness (QED) is 0.843. The third kappa shape index (κ3) is 2.35. The Morgan fingerprint density at radius 2 is 2.27 bits per heavy atom. The van der Waals surface area contributed by atoms with E-state index in [9.17, 15) is 4.79 Å². The normalized spacial score (nSPS) is 10.1. The van der Waals surface area contributed by atoms with Crippen LogP contribution in [-0.2, 0) is 6.42 Å². The molecule has 0 saturated carbocycles. The molecule has 2 aromatic heterocycles. The Balaban J connectivity index is 2.22. The Kier molecular flexibility index (Phi) is 2.68. The second-order valence-corrected chi connectivity index (χ2v) is 3.78. The second kappa shape index (κ2) is 4.14. The number of aromatic nitrogens is 3. The Labute approximate surface area is 89.5 Å². The highest BCUT2D eigenvalue weighted by Gasteiger charge is 2.07. The molecule has 0 fully saturated rings. The van der Waals surface area contributed by atoms with E-state index in [-0.39, 0.29) is 5.69 Å². The first-order valence-electron chi connectivity index (χ1n) is 4.18. The van der Waals surface area contributed by atoms with Crippen LogP contribution in [0.1, 0.15) is 21.2 Å². The Morgan fingerprint density at radius 3 is 2.93 bits per heavy atom. The van der Waals surface area contributed by atoms with Crippen LogP contribution in [0.4, 0.5) is 0 Å². The van der Waals surface area contributed by atoms with Gasteiger partial charge in [0.1, 0.15) is 6.33 Å². The molecule has 0 bridgehead atoms. The third-order valence-corrected chi connectivity index (χ3v) is 2.54. The van der Waals surface area contributed by atoms with Gasteiger partial charge in [0, 0.05) is 18.0 Å². The maximum Gasteiger partial charge on any atom is 0.354 e. The summed E-state index contributed by atoms with van der Waals surface area (Å²) in [4.78, 5) is 22.4. The highest BCUT2D eigenvalue weighted by Crippen LogP contribution is 2.10. The van der Waals surface area contributed by atoms with Crippen molar-refractivity contribution in [1.29, 1.82) is 0 Å². The molecule has 0 aliphatic carbocycles. The predicted molar refractivity (Wildman–Crippen MR) is 53.9 cm³/mol. The highest BCUT2D eigenvalue weighted by molar-refractivity contribution is 7.09. The van der Waals surface area contributed by atoms with Crippen LogP contribution in [-0.4, -0.2) is 26.0 Å². The molecule has 0 amide bonds. The fourth-order valence-corrected chi connectivity index (χ4v) is 1.74. The molecular weight excluding hydrogens is 214 g/mol. The van der Waals surface area contributed by atoms with Gasteiger partial charge in [0.15, 0.2) is 5.69 Å². The maximum atomic E-state index is 10.7. The van der Waals surface area contributed by atoms with Crippen molar-refractivity contribution in [3.8, 4) is 0 Å². The van der Waals surface area contributed by atoms with Crippen LogP contribution < -0.4 is 0 Å². The molecule has 2 aromatic rings. The molecule has 6 heteroatoms. The molecule has 76 valence electrons. The molecule has 0 aliphatic rings. The average molecular weight is 221 g/mol. The minimum Gasteiger partial charge on any atom is -0.477 e. The van der Waals surface area contributed by atoms with Crippen LogP contribution in [0.3, 0.4) is 0 Å². The fourth-order valence-electron chi connectivity index (χ4n) is 1.11. The predicted octanol–water partition coefficient (Wildman–Crippen LogP) is 1.22. The summed E-state index contributed by atoms with van der Waals surface area (Å²) in [6.45, 7) is 0. The Bertz CT molecular complexity index is 470. The molecule has 0 unspecified atom stereocenters. The third-order valence-electron chi connectivity index (χ3n) is 1.76. The fraction of sp³-hybridized carbons (Fsp3) is 0.111. The van der Waals surface area contributed by atoms with E-state index in [4.69, 9.17) is 5.11 Å². The molecule has 15 heavy (non-hydrogen) atoms. The van der Waals surface area contributed by atoms with Crippen molar-refractivity contribution in [2.45, 2.75) is 6.42 Å². The molecule has 2 heterocycles. The molecule has 5 nitrogen and oxygen atoms in total. The molecule has 0 spiro atoms. The molecule has 0 saturated heterocycles. The number of rotatable bonds is 3. The van der Waals surface area contributed by atoms with E-state index in [2.05, 4.69) is 15.0 Å². The largest absolute Gasteiger partial charge is 0.477 e. The maximum absolute atomic E-state index is 10.7. The van der Waals surface area contributed by atoms with Crippen LogP contribution in [0.5, 0.6) is 0 Å². The van der Waals surface area contributed by atoms with Crippen LogP contribution in [0.15, 0.2) is 24.0 Å². The Hall–Kier alpha value is -1.82.